The fraction of sp³-hybridized carbons (Fsp3) is 0.920. The number of carbonyl (C=O) groups is 2. The quantitative estimate of drug-likeness (QED) is 0.624. The molecule has 4 fully saturated rings. The number of nitrogens with zero attached hydrogens (tertiary/aromatic N) is 1. The van der Waals surface area contributed by atoms with Crippen LogP contribution in [0.5, 0.6) is 0 Å². The molecule has 0 aromatic carbocycles. The Bertz CT molecular complexity index is 639. The third kappa shape index (κ3) is 5.65. The van der Waals surface area contributed by atoms with Gasteiger partial charge in [0.1, 0.15) is 0 Å². The molecule has 7 heteroatoms. The zero-order chi connectivity index (χ0) is 22.5. The largest absolute Gasteiger partial charge is 0.381 e. The number of carbonyl (C=O) groups excluding carboxylic acids is 2. The molecule has 0 aromatic rings. The van der Waals surface area contributed by atoms with Crippen molar-refractivity contribution >= 4 is 11.8 Å². The Morgan fingerprint density at radius 2 is 1.97 bits per heavy atom. The number of piperidine rings is 1. The number of hydrogen-bond acceptors (Lipinski definition) is 5. The Labute approximate surface area is 193 Å². The van der Waals surface area contributed by atoms with E-state index < -0.39 is 0 Å². The minimum absolute atomic E-state index is 0.00337. The molecule has 2 saturated heterocycles. The monoisotopic (exact) mass is 449 g/mol. The Morgan fingerprint density at radius 1 is 1.16 bits per heavy atom. The highest BCUT2D eigenvalue weighted by atomic mass is 16.5. The number of morpholine rings is 1. The van der Waals surface area contributed by atoms with E-state index in [0.29, 0.717) is 63.0 Å². The highest BCUT2D eigenvalue weighted by Gasteiger charge is 2.44. The fourth-order valence-electron chi connectivity index (χ4n) is 6.75. The molecule has 0 bridgehead atoms. The van der Waals surface area contributed by atoms with Crippen molar-refractivity contribution in [1.29, 1.82) is 0 Å². The van der Waals surface area contributed by atoms with Crippen LogP contribution < -0.4 is 10.6 Å². The van der Waals surface area contributed by atoms with Crippen LogP contribution in [0.4, 0.5) is 0 Å². The summed E-state index contributed by atoms with van der Waals surface area (Å²) in [6, 6.07) is 0.240. The molecular formula is C25H43N3O4. The summed E-state index contributed by atoms with van der Waals surface area (Å²) in [6.07, 6.45) is 9.35. The first-order valence-corrected chi connectivity index (χ1v) is 13.0. The van der Waals surface area contributed by atoms with Crippen molar-refractivity contribution in [2.75, 3.05) is 40.0 Å². The smallest absolute Gasteiger partial charge is 0.223 e. The van der Waals surface area contributed by atoms with Gasteiger partial charge in [-0.3, -0.25) is 9.59 Å². The Kier molecular flexibility index (Phi) is 8.46. The second-order valence-corrected chi connectivity index (χ2v) is 10.5. The maximum atomic E-state index is 13.4. The van der Waals surface area contributed by atoms with Crippen molar-refractivity contribution in [1.82, 2.24) is 15.5 Å². The molecule has 2 aliphatic heterocycles. The zero-order valence-electron chi connectivity index (χ0n) is 20.0. The van der Waals surface area contributed by atoms with E-state index in [2.05, 4.69) is 17.6 Å². The van der Waals surface area contributed by atoms with E-state index in [1.807, 2.05) is 12.0 Å². The van der Waals surface area contributed by atoms with Gasteiger partial charge >= 0.3 is 0 Å². The Hall–Kier alpha value is -1.18. The lowest BCUT2D eigenvalue weighted by atomic mass is 9.79. The number of hydrogen-bond donors (Lipinski definition) is 2. The Morgan fingerprint density at radius 3 is 2.72 bits per heavy atom. The van der Waals surface area contributed by atoms with Crippen molar-refractivity contribution < 1.29 is 19.1 Å². The first-order valence-electron chi connectivity index (χ1n) is 13.0. The van der Waals surface area contributed by atoms with Crippen molar-refractivity contribution in [2.24, 2.45) is 23.7 Å². The van der Waals surface area contributed by atoms with Crippen LogP contribution in [-0.2, 0) is 19.1 Å². The summed E-state index contributed by atoms with van der Waals surface area (Å²) in [5.74, 6) is 2.10. The van der Waals surface area contributed by atoms with Crippen molar-refractivity contribution in [3.05, 3.63) is 0 Å². The predicted octanol–water partition coefficient (Wildman–Crippen LogP) is 2.34. The highest BCUT2D eigenvalue weighted by molar-refractivity contribution is 5.80. The van der Waals surface area contributed by atoms with Crippen LogP contribution >= 0.6 is 0 Å². The van der Waals surface area contributed by atoms with Crippen LogP contribution in [0.25, 0.3) is 0 Å². The maximum Gasteiger partial charge on any atom is 0.223 e. The molecule has 182 valence electrons. The Balaban J connectivity index is 1.37. The third-order valence-electron chi connectivity index (χ3n) is 8.59. The normalized spacial score (nSPS) is 36.4. The van der Waals surface area contributed by atoms with Gasteiger partial charge < -0.3 is 25.0 Å². The number of amides is 2. The van der Waals surface area contributed by atoms with Crippen LogP contribution in [0.3, 0.4) is 0 Å². The van der Waals surface area contributed by atoms with Crippen LogP contribution in [0.15, 0.2) is 0 Å². The summed E-state index contributed by atoms with van der Waals surface area (Å²) >= 11 is 0. The summed E-state index contributed by atoms with van der Waals surface area (Å²) in [7, 11) is 1.82. The number of fused-ring (bicyclic) bond motifs is 1. The van der Waals surface area contributed by atoms with Gasteiger partial charge in [-0.2, -0.15) is 0 Å². The molecule has 7 unspecified atom stereocenters. The van der Waals surface area contributed by atoms with Gasteiger partial charge in [0.25, 0.3) is 0 Å². The lowest BCUT2D eigenvalue weighted by molar-refractivity contribution is -0.136. The van der Waals surface area contributed by atoms with E-state index in [1.54, 1.807) is 0 Å². The third-order valence-corrected chi connectivity index (χ3v) is 8.59. The molecule has 2 aliphatic carbocycles. The molecule has 4 aliphatic rings. The topological polar surface area (TPSA) is 79.9 Å². The molecule has 2 heterocycles. The molecule has 0 radical (unpaired) electrons. The minimum Gasteiger partial charge on any atom is -0.381 e. The van der Waals surface area contributed by atoms with Crippen LogP contribution in [-0.4, -0.2) is 74.9 Å². The molecule has 0 aromatic heterocycles. The van der Waals surface area contributed by atoms with E-state index in [9.17, 15) is 9.59 Å². The summed E-state index contributed by atoms with van der Waals surface area (Å²) in [5.41, 5.74) is 0. The first-order chi connectivity index (χ1) is 15.6. The number of nitrogens with one attached hydrogen (secondary N) is 2. The number of ether oxygens (including phenoxy) is 2. The van der Waals surface area contributed by atoms with Crippen molar-refractivity contribution in [3.8, 4) is 0 Å². The summed E-state index contributed by atoms with van der Waals surface area (Å²) in [4.78, 5) is 28.1. The average Bonchev–Trinajstić information content (AvgIpc) is 3.27. The number of methoxy groups -OCH3 is 1. The zero-order valence-corrected chi connectivity index (χ0v) is 20.0. The second-order valence-electron chi connectivity index (χ2n) is 10.5. The lowest BCUT2D eigenvalue weighted by Crippen LogP contribution is -2.56. The predicted molar refractivity (Wildman–Crippen MR) is 123 cm³/mol. The summed E-state index contributed by atoms with van der Waals surface area (Å²) < 4.78 is 11.1. The van der Waals surface area contributed by atoms with E-state index in [-0.39, 0.29) is 29.8 Å². The highest BCUT2D eigenvalue weighted by Crippen LogP contribution is 2.46. The minimum atomic E-state index is 0.00337. The van der Waals surface area contributed by atoms with E-state index in [1.165, 1.54) is 25.7 Å². The second kappa shape index (κ2) is 11.3. The van der Waals surface area contributed by atoms with Gasteiger partial charge in [-0.05, 0) is 69.2 Å². The van der Waals surface area contributed by atoms with E-state index >= 15 is 0 Å². The standard InChI is InChI=1S/C25H43N3O4/c1-17-5-4-10-26-24(17)21(8-9-23(29)28-11-13-32-14-12-28)27-25(30)19-15-18-6-3-7-22(31-2)20(18)16-19/h17-22,24,26H,3-16H2,1-2H3,(H,27,30). The van der Waals surface area contributed by atoms with Gasteiger partial charge in [-0.1, -0.05) is 13.3 Å². The lowest BCUT2D eigenvalue weighted by Gasteiger charge is -2.37. The molecular weight excluding hydrogens is 406 g/mol. The molecule has 2 amide bonds. The summed E-state index contributed by atoms with van der Waals surface area (Å²) in [5, 5.41) is 7.08. The van der Waals surface area contributed by atoms with Gasteiger partial charge in [-0.15, -0.1) is 0 Å². The molecule has 32 heavy (non-hydrogen) atoms. The van der Waals surface area contributed by atoms with Crippen LogP contribution in [0.1, 0.15) is 64.7 Å². The van der Waals surface area contributed by atoms with Gasteiger partial charge in [0.2, 0.25) is 11.8 Å². The van der Waals surface area contributed by atoms with Gasteiger partial charge in [0, 0.05) is 44.6 Å². The molecule has 2 N–H and O–H groups in total. The maximum absolute atomic E-state index is 13.4. The fourth-order valence-corrected chi connectivity index (χ4v) is 6.75. The first kappa shape index (κ1) is 24.0. The van der Waals surface area contributed by atoms with E-state index in [0.717, 1.165) is 25.8 Å². The SMILES string of the molecule is COC1CCCC2CC(C(=O)NC(CCC(=O)N3CCOCC3)C3NCCCC3C)CC21. The number of rotatable bonds is 7. The van der Waals surface area contributed by atoms with E-state index in [4.69, 9.17) is 9.47 Å². The molecule has 0 spiro atoms. The van der Waals surface area contributed by atoms with Crippen LogP contribution in [0, 0.1) is 23.7 Å². The molecule has 2 saturated carbocycles. The van der Waals surface area contributed by atoms with Gasteiger partial charge in [0.15, 0.2) is 0 Å². The van der Waals surface area contributed by atoms with Crippen LogP contribution in [0.2, 0.25) is 0 Å². The average molecular weight is 450 g/mol. The molecule has 7 atom stereocenters. The van der Waals surface area contributed by atoms with Gasteiger partial charge in [-0.25, -0.2) is 0 Å². The molecule has 7 nitrogen and oxygen atoms in total. The van der Waals surface area contributed by atoms with Crippen molar-refractivity contribution in [2.45, 2.75) is 82.9 Å². The van der Waals surface area contributed by atoms with Gasteiger partial charge in [0.05, 0.1) is 19.3 Å². The van der Waals surface area contributed by atoms with Crippen molar-refractivity contribution in [3.63, 3.8) is 0 Å². The summed E-state index contributed by atoms with van der Waals surface area (Å²) in [6.45, 7) is 5.87. The molecule has 4 rings (SSSR count).